The highest BCUT2D eigenvalue weighted by Gasteiger charge is 2.20. The zero-order chi connectivity index (χ0) is 15.4. The SMILES string of the molecule is CCCCC1CCc2nc(-c3ccc(OC)cc3)ncc2C1. The molecule has 0 aliphatic heterocycles. The van der Waals surface area contributed by atoms with Gasteiger partial charge in [0.2, 0.25) is 0 Å². The van der Waals surface area contributed by atoms with E-state index in [4.69, 9.17) is 9.72 Å². The molecule has 0 saturated carbocycles. The molecule has 1 heterocycles. The Morgan fingerprint density at radius 2 is 2.05 bits per heavy atom. The number of fused-ring (bicyclic) bond motifs is 1. The molecule has 3 heteroatoms. The van der Waals surface area contributed by atoms with E-state index >= 15 is 0 Å². The second-order valence-electron chi connectivity index (χ2n) is 6.15. The van der Waals surface area contributed by atoms with Crippen LogP contribution in [0.25, 0.3) is 11.4 Å². The lowest BCUT2D eigenvalue weighted by Gasteiger charge is -2.23. The van der Waals surface area contributed by atoms with Crippen LogP contribution in [0.2, 0.25) is 0 Å². The van der Waals surface area contributed by atoms with E-state index in [-0.39, 0.29) is 0 Å². The molecule has 0 saturated heterocycles. The number of hydrogen-bond donors (Lipinski definition) is 0. The maximum atomic E-state index is 5.20. The number of methoxy groups -OCH3 is 1. The third-order valence-corrected chi connectivity index (χ3v) is 4.57. The first-order valence-corrected chi connectivity index (χ1v) is 8.29. The van der Waals surface area contributed by atoms with Crippen molar-refractivity contribution in [1.82, 2.24) is 9.97 Å². The van der Waals surface area contributed by atoms with Crippen molar-refractivity contribution in [3.05, 3.63) is 41.7 Å². The smallest absolute Gasteiger partial charge is 0.159 e. The number of unbranched alkanes of at least 4 members (excludes halogenated alkanes) is 1. The third-order valence-electron chi connectivity index (χ3n) is 4.57. The molecule has 116 valence electrons. The number of benzene rings is 1. The molecule has 0 amide bonds. The molecule has 2 aromatic rings. The van der Waals surface area contributed by atoms with Gasteiger partial charge >= 0.3 is 0 Å². The van der Waals surface area contributed by atoms with Gasteiger partial charge in [-0.2, -0.15) is 0 Å². The van der Waals surface area contributed by atoms with E-state index in [0.717, 1.165) is 35.9 Å². The van der Waals surface area contributed by atoms with Gasteiger partial charge in [-0.1, -0.05) is 26.2 Å². The monoisotopic (exact) mass is 296 g/mol. The van der Waals surface area contributed by atoms with E-state index in [0.29, 0.717) is 0 Å². The molecule has 0 radical (unpaired) electrons. The Labute approximate surface area is 132 Å². The van der Waals surface area contributed by atoms with Gasteiger partial charge in [0.15, 0.2) is 5.82 Å². The zero-order valence-electron chi connectivity index (χ0n) is 13.5. The molecule has 0 spiro atoms. The summed E-state index contributed by atoms with van der Waals surface area (Å²) in [5.41, 5.74) is 3.65. The van der Waals surface area contributed by atoms with Crippen LogP contribution in [0.15, 0.2) is 30.5 Å². The molecular formula is C19H24N2O. The minimum absolute atomic E-state index is 0.822. The second kappa shape index (κ2) is 6.91. The number of aryl methyl sites for hydroxylation is 1. The summed E-state index contributed by atoms with van der Waals surface area (Å²) in [7, 11) is 1.68. The van der Waals surface area contributed by atoms with Crippen LogP contribution in [-0.2, 0) is 12.8 Å². The average molecular weight is 296 g/mol. The lowest BCUT2D eigenvalue weighted by molar-refractivity contribution is 0.408. The van der Waals surface area contributed by atoms with E-state index in [1.54, 1.807) is 7.11 Å². The lowest BCUT2D eigenvalue weighted by Crippen LogP contribution is -2.16. The fourth-order valence-electron chi connectivity index (χ4n) is 3.20. The van der Waals surface area contributed by atoms with Crippen LogP contribution >= 0.6 is 0 Å². The van der Waals surface area contributed by atoms with Crippen LogP contribution < -0.4 is 4.74 Å². The predicted molar refractivity (Wildman–Crippen MR) is 89.1 cm³/mol. The minimum Gasteiger partial charge on any atom is -0.497 e. The second-order valence-corrected chi connectivity index (χ2v) is 6.15. The zero-order valence-corrected chi connectivity index (χ0v) is 13.5. The Balaban J connectivity index is 1.77. The van der Waals surface area contributed by atoms with Gasteiger partial charge in [-0.15, -0.1) is 0 Å². The van der Waals surface area contributed by atoms with E-state index in [2.05, 4.69) is 11.9 Å². The normalized spacial score (nSPS) is 17.1. The molecule has 0 bridgehead atoms. The quantitative estimate of drug-likeness (QED) is 0.817. The fraction of sp³-hybridized carbons (Fsp3) is 0.474. The maximum Gasteiger partial charge on any atom is 0.159 e. The van der Waals surface area contributed by atoms with E-state index < -0.39 is 0 Å². The Bertz CT molecular complexity index is 622. The molecule has 0 fully saturated rings. The molecule has 1 atom stereocenters. The lowest BCUT2D eigenvalue weighted by atomic mass is 9.84. The van der Waals surface area contributed by atoms with E-state index in [1.807, 2.05) is 30.5 Å². The van der Waals surface area contributed by atoms with Crippen molar-refractivity contribution < 1.29 is 4.74 Å². The minimum atomic E-state index is 0.822. The molecule has 1 aromatic carbocycles. The van der Waals surface area contributed by atoms with Crippen LogP contribution in [0.4, 0.5) is 0 Å². The maximum absolute atomic E-state index is 5.20. The summed E-state index contributed by atoms with van der Waals surface area (Å²) >= 11 is 0. The van der Waals surface area contributed by atoms with Crippen LogP contribution in [-0.4, -0.2) is 17.1 Å². The van der Waals surface area contributed by atoms with Crippen LogP contribution in [0, 0.1) is 5.92 Å². The van der Waals surface area contributed by atoms with E-state index in [1.165, 1.54) is 36.9 Å². The topological polar surface area (TPSA) is 35.0 Å². The number of ether oxygens (including phenoxy) is 1. The average Bonchev–Trinajstić information content (AvgIpc) is 2.59. The predicted octanol–water partition coefficient (Wildman–Crippen LogP) is 4.45. The number of aromatic nitrogens is 2. The molecule has 1 aromatic heterocycles. The molecule has 22 heavy (non-hydrogen) atoms. The Kier molecular flexibility index (Phi) is 4.71. The molecular weight excluding hydrogens is 272 g/mol. The van der Waals surface area contributed by atoms with Gasteiger partial charge in [-0.3, -0.25) is 0 Å². The highest BCUT2D eigenvalue weighted by molar-refractivity contribution is 5.56. The molecule has 1 aliphatic carbocycles. The first-order chi connectivity index (χ1) is 10.8. The Hall–Kier alpha value is -1.90. The summed E-state index contributed by atoms with van der Waals surface area (Å²) in [6, 6.07) is 7.96. The largest absolute Gasteiger partial charge is 0.497 e. The van der Waals surface area contributed by atoms with Gasteiger partial charge in [0.05, 0.1) is 7.11 Å². The van der Waals surface area contributed by atoms with Crippen LogP contribution in [0.5, 0.6) is 5.75 Å². The third kappa shape index (κ3) is 3.29. The first kappa shape index (κ1) is 15.0. The van der Waals surface area contributed by atoms with Gasteiger partial charge in [-0.25, -0.2) is 9.97 Å². The highest BCUT2D eigenvalue weighted by Crippen LogP contribution is 2.29. The van der Waals surface area contributed by atoms with Crippen molar-refractivity contribution in [2.75, 3.05) is 7.11 Å². The van der Waals surface area contributed by atoms with Gasteiger partial charge in [0, 0.05) is 17.5 Å². The van der Waals surface area contributed by atoms with Crippen molar-refractivity contribution in [2.45, 2.75) is 45.4 Å². The summed E-state index contributed by atoms with van der Waals surface area (Å²) in [5.74, 6) is 2.51. The van der Waals surface area contributed by atoms with Gasteiger partial charge < -0.3 is 4.74 Å². The van der Waals surface area contributed by atoms with Crippen molar-refractivity contribution in [3.63, 3.8) is 0 Å². The van der Waals surface area contributed by atoms with Crippen molar-refractivity contribution in [1.29, 1.82) is 0 Å². The summed E-state index contributed by atoms with van der Waals surface area (Å²) in [4.78, 5) is 9.38. The molecule has 3 rings (SSSR count). The fourth-order valence-corrected chi connectivity index (χ4v) is 3.20. The Morgan fingerprint density at radius 1 is 1.23 bits per heavy atom. The van der Waals surface area contributed by atoms with Crippen molar-refractivity contribution >= 4 is 0 Å². The molecule has 0 N–H and O–H groups in total. The highest BCUT2D eigenvalue weighted by atomic mass is 16.5. The van der Waals surface area contributed by atoms with Gasteiger partial charge in [-0.05, 0) is 55.0 Å². The number of hydrogen-bond acceptors (Lipinski definition) is 3. The van der Waals surface area contributed by atoms with Crippen molar-refractivity contribution in [3.8, 4) is 17.1 Å². The standard InChI is InChI=1S/C19H24N2O/c1-3-4-5-14-6-11-18-16(12-14)13-20-19(21-18)15-7-9-17(22-2)10-8-15/h7-10,13-14H,3-6,11-12H2,1-2H3. The Morgan fingerprint density at radius 3 is 2.77 bits per heavy atom. The van der Waals surface area contributed by atoms with Crippen molar-refractivity contribution in [2.24, 2.45) is 5.92 Å². The molecule has 1 unspecified atom stereocenters. The van der Waals surface area contributed by atoms with E-state index in [9.17, 15) is 0 Å². The summed E-state index contributed by atoms with van der Waals surface area (Å²) in [6.45, 7) is 2.26. The van der Waals surface area contributed by atoms with Crippen LogP contribution in [0.1, 0.15) is 43.9 Å². The molecule has 1 aliphatic rings. The molecule has 3 nitrogen and oxygen atoms in total. The van der Waals surface area contributed by atoms with Gasteiger partial charge in [0.1, 0.15) is 5.75 Å². The van der Waals surface area contributed by atoms with Gasteiger partial charge in [0.25, 0.3) is 0 Å². The summed E-state index contributed by atoms with van der Waals surface area (Å²) in [6.07, 6.45) is 9.52. The van der Waals surface area contributed by atoms with Crippen LogP contribution in [0.3, 0.4) is 0 Å². The summed E-state index contributed by atoms with van der Waals surface area (Å²) < 4.78 is 5.20. The summed E-state index contributed by atoms with van der Waals surface area (Å²) in [5, 5.41) is 0. The first-order valence-electron chi connectivity index (χ1n) is 8.29. The number of rotatable bonds is 5. The number of nitrogens with zero attached hydrogens (tertiary/aromatic N) is 2.